The molecule has 2 heteroatoms. The summed E-state index contributed by atoms with van der Waals surface area (Å²) in [6, 6.07) is 47.1. The van der Waals surface area contributed by atoms with Gasteiger partial charge in [0.15, 0.2) is 0 Å². The molecule has 0 radical (unpaired) electrons. The molecule has 1 N–H and O–H groups in total. The minimum absolute atomic E-state index is 0.129. The molecule has 5 aromatic rings. The summed E-state index contributed by atoms with van der Waals surface area (Å²) in [7, 11) is 0. The topological polar surface area (TPSA) is 15.3 Å². The van der Waals surface area contributed by atoms with Gasteiger partial charge >= 0.3 is 0 Å². The maximum Gasteiger partial charge on any atom is 0.0462 e. The van der Waals surface area contributed by atoms with Crippen LogP contribution in [-0.2, 0) is 5.41 Å². The predicted octanol–water partition coefficient (Wildman–Crippen LogP) is 9.86. The molecule has 2 nitrogen and oxygen atoms in total. The van der Waals surface area contributed by atoms with E-state index in [-0.39, 0.29) is 5.41 Å². The van der Waals surface area contributed by atoms with E-state index >= 15 is 0 Å². The Morgan fingerprint density at radius 2 is 0.861 bits per heavy atom. The monoisotopic (exact) mass is 468 g/mol. The molecule has 5 aromatic carbocycles. The van der Waals surface area contributed by atoms with Crippen molar-refractivity contribution in [2.45, 2.75) is 26.2 Å². The van der Waals surface area contributed by atoms with Gasteiger partial charge in [-0.3, -0.25) is 0 Å². The van der Waals surface area contributed by atoms with E-state index in [1.54, 1.807) is 0 Å². The summed E-state index contributed by atoms with van der Waals surface area (Å²) in [4.78, 5) is 2.31. The van der Waals surface area contributed by atoms with Gasteiger partial charge in [0.1, 0.15) is 0 Å². The quantitative estimate of drug-likeness (QED) is 0.267. The molecule has 0 saturated carbocycles. The number of rotatable bonds is 6. The van der Waals surface area contributed by atoms with Crippen molar-refractivity contribution in [1.82, 2.24) is 0 Å². The molecule has 0 heterocycles. The van der Waals surface area contributed by atoms with Crippen LogP contribution in [0.3, 0.4) is 0 Å². The smallest absolute Gasteiger partial charge is 0.0462 e. The van der Waals surface area contributed by atoms with E-state index in [2.05, 4.69) is 146 Å². The fourth-order valence-corrected chi connectivity index (χ4v) is 4.37. The molecule has 0 aliphatic carbocycles. The first kappa shape index (κ1) is 23.4. The minimum Gasteiger partial charge on any atom is -0.356 e. The van der Waals surface area contributed by atoms with Crippen LogP contribution in [0.15, 0.2) is 133 Å². The lowest BCUT2D eigenvalue weighted by atomic mass is 9.87. The zero-order valence-corrected chi connectivity index (χ0v) is 21.1. The number of anilines is 5. The normalized spacial score (nSPS) is 11.2. The Morgan fingerprint density at radius 1 is 0.444 bits per heavy atom. The van der Waals surface area contributed by atoms with Crippen LogP contribution < -0.4 is 10.2 Å². The van der Waals surface area contributed by atoms with Crippen LogP contribution in [0.25, 0.3) is 11.1 Å². The number of para-hydroxylation sites is 2. The van der Waals surface area contributed by atoms with Crippen molar-refractivity contribution >= 4 is 28.4 Å². The summed E-state index contributed by atoms with van der Waals surface area (Å²) < 4.78 is 0. The van der Waals surface area contributed by atoms with Crippen LogP contribution in [0.1, 0.15) is 26.3 Å². The van der Waals surface area contributed by atoms with Gasteiger partial charge < -0.3 is 10.2 Å². The second-order valence-electron chi connectivity index (χ2n) is 10.1. The van der Waals surface area contributed by atoms with E-state index in [9.17, 15) is 0 Å². The molecule has 36 heavy (non-hydrogen) atoms. The van der Waals surface area contributed by atoms with Gasteiger partial charge in [0, 0.05) is 28.4 Å². The Hall–Kier alpha value is -4.30. The lowest BCUT2D eigenvalue weighted by Gasteiger charge is -2.27. The van der Waals surface area contributed by atoms with Crippen LogP contribution >= 0.6 is 0 Å². The van der Waals surface area contributed by atoms with Gasteiger partial charge in [-0.1, -0.05) is 93.6 Å². The molecule has 178 valence electrons. The molecule has 0 fully saturated rings. The van der Waals surface area contributed by atoms with E-state index in [0.717, 1.165) is 28.4 Å². The molecule has 0 bridgehead atoms. The lowest BCUT2D eigenvalue weighted by molar-refractivity contribution is 0.590. The molecular weight excluding hydrogens is 436 g/mol. The maximum atomic E-state index is 3.45. The first-order valence-corrected chi connectivity index (χ1v) is 12.5. The third-order valence-electron chi connectivity index (χ3n) is 6.41. The van der Waals surface area contributed by atoms with Crippen molar-refractivity contribution in [1.29, 1.82) is 0 Å². The summed E-state index contributed by atoms with van der Waals surface area (Å²) in [5.74, 6) is 0. The Bertz CT molecular complexity index is 1380. The zero-order valence-electron chi connectivity index (χ0n) is 21.1. The predicted molar refractivity (Wildman–Crippen MR) is 155 cm³/mol. The van der Waals surface area contributed by atoms with Crippen molar-refractivity contribution in [3.05, 3.63) is 139 Å². The highest BCUT2D eigenvalue weighted by molar-refractivity contribution is 5.78. The second-order valence-corrected chi connectivity index (χ2v) is 10.1. The minimum atomic E-state index is 0.129. The third kappa shape index (κ3) is 5.34. The van der Waals surface area contributed by atoms with Crippen LogP contribution in [0.5, 0.6) is 0 Å². The fraction of sp³-hybridized carbons (Fsp3) is 0.118. The molecule has 5 rings (SSSR count). The van der Waals surface area contributed by atoms with Gasteiger partial charge in [0.2, 0.25) is 0 Å². The largest absolute Gasteiger partial charge is 0.356 e. The van der Waals surface area contributed by atoms with E-state index in [1.165, 1.54) is 16.7 Å². The molecule has 0 aliphatic heterocycles. The number of nitrogens with one attached hydrogen (secondary N) is 1. The van der Waals surface area contributed by atoms with Crippen LogP contribution in [0, 0.1) is 0 Å². The van der Waals surface area contributed by atoms with Crippen molar-refractivity contribution in [2.24, 2.45) is 0 Å². The first-order valence-electron chi connectivity index (χ1n) is 12.5. The van der Waals surface area contributed by atoms with E-state index in [1.807, 2.05) is 18.2 Å². The molecular formula is C34H32N2. The number of hydrogen-bond donors (Lipinski definition) is 1. The SMILES string of the molecule is CC(C)(C)c1ccc(N(c2ccccc2)c2ccc(-c3ccc(Nc4ccccc4)cc3)cc2)cc1. The highest BCUT2D eigenvalue weighted by atomic mass is 15.1. The Kier molecular flexibility index (Phi) is 6.60. The fourth-order valence-electron chi connectivity index (χ4n) is 4.37. The van der Waals surface area contributed by atoms with Crippen molar-refractivity contribution in [3.8, 4) is 11.1 Å². The lowest BCUT2D eigenvalue weighted by Crippen LogP contribution is -2.13. The molecule has 0 aliphatic rings. The average molecular weight is 469 g/mol. The van der Waals surface area contributed by atoms with Gasteiger partial charge in [0.05, 0.1) is 0 Å². The number of benzene rings is 5. The van der Waals surface area contributed by atoms with Crippen molar-refractivity contribution in [3.63, 3.8) is 0 Å². The summed E-state index contributed by atoms with van der Waals surface area (Å²) >= 11 is 0. The summed E-state index contributed by atoms with van der Waals surface area (Å²) in [6.45, 7) is 6.75. The summed E-state index contributed by atoms with van der Waals surface area (Å²) in [6.07, 6.45) is 0. The number of nitrogens with zero attached hydrogens (tertiary/aromatic N) is 1. The van der Waals surface area contributed by atoms with Gasteiger partial charge in [-0.05, 0) is 82.8 Å². The van der Waals surface area contributed by atoms with Gasteiger partial charge in [-0.25, -0.2) is 0 Å². The summed E-state index contributed by atoms with van der Waals surface area (Å²) in [5.41, 5.74) is 9.45. The molecule has 0 amide bonds. The van der Waals surface area contributed by atoms with Crippen molar-refractivity contribution in [2.75, 3.05) is 10.2 Å². The molecule has 0 aromatic heterocycles. The molecule has 0 atom stereocenters. The standard InChI is InChI=1S/C34H32N2/c1-34(2,3)28-18-24-33(25-19-28)36(31-12-8-5-9-13-31)32-22-16-27(17-23-32)26-14-20-30(21-15-26)35-29-10-6-4-7-11-29/h4-25,35H,1-3H3. The van der Waals surface area contributed by atoms with Gasteiger partial charge in [-0.2, -0.15) is 0 Å². The highest BCUT2D eigenvalue weighted by Gasteiger charge is 2.16. The van der Waals surface area contributed by atoms with Gasteiger partial charge in [0.25, 0.3) is 0 Å². The third-order valence-corrected chi connectivity index (χ3v) is 6.41. The highest BCUT2D eigenvalue weighted by Crippen LogP contribution is 2.36. The Labute approximate surface area is 214 Å². The zero-order chi connectivity index (χ0) is 25.0. The molecule has 0 saturated heterocycles. The Morgan fingerprint density at radius 3 is 1.39 bits per heavy atom. The molecule has 0 unspecified atom stereocenters. The van der Waals surface area contributed by atoms with E-state index < -0.39 is 0 Å². The van der Waals surface area contributed by atoms with Crippen molar-refractivity contribution < 1.29 is 0 Å². The Balaban J connectivity index is 1.41. The number of hydrogen-bond acceptors (Lipinski definition) is 2. The maximum absolute atomic E-state index is 3.45. The second kappa shape index (κ2) is 10.1. The van der Waals surface area contributed by atoms with Crippen LogP contribution in [0.2, 0.25) is 0 Å². The van der Waals surface area contributed by atoms with E-state index in [0.29, 0.717) is 0 Å². The van der Waals surface area contributed by atoms with Crippen LogP contribution in [-0.4, -0.2) is 0 Å². The summed E-state index contributed by atoms with van der Waals surface area (Å²) in [5, 5.41) is 3.45. The average Bonchev–Trinajstić information content (AvgIpc) is 2.91. The van der Waals surface area contributed by atoms with Crippen LogP contribution in [0.4, 0.5) is 28.4 Å². The molecule has 0 spiro atoms. The van der Waals surface area contributed by atoms with Gasteiger partial charge in [-0.15, -0.1) is 0 Å². The van der Waals surface area contributed by atoms with E-state index in [4.69, 9.17) is 0 Å². The first-order chi connectivity index (χ1) is 17.5.